The van der Waals surface area contributed by atoms with Crippen molar-refractivity contribution in [3.8, 4) is 0 Å². The number of carboxylic acid groups (broad SMARTS) is 2. The molecule has 1 heterocycles. The van der Waals surface area contributed by atoms with Gasteiger partial charge in [-0.15, -0.1) is 0 Å². The molecule has 0 saturated carbocycles. The first kappa shape index (κ1) is 19.3. The molecule has 8 heteroatoms. The van der Waals surface area contributed by atoms with Crippen molar-refractivity contribution >= 4 is 18.3 Å². The van der Waals surface area contributed by atoms with Crippen LogP contribution in [0.4, 0.5) is 0 Å². The summed E-state index contributed by atoms with van der Waals surface area (Å²) in [5.74, 6) is -1.17. The van der Waals surface area contributed by atoms with Gasteiger partial charge in [-0.1, -0.05) is 6.92 Å². The maximum atomic E-state index is 11.6. The van der Waals surface area contributed by atoms with E-state index in [1.807, 2.05) is 6.92 Å². The van der Waals surface area contributed by atoms with E-state index in [4.69, 9.17) is 19.7 Å². The fourth-order valence-electron chi connectivity index (χ4n) is 2.13. The predicted molar refractivity (Wildman–Crippen MR) is 75.0 cm³/mol. The topological polar surface area (TPSA) is 116 Å². The molecule has 3 N–H and O–H groups in total. The first-order chi connectivity index (χ1) is 9.98. The van der Waals surface area contributed by atoms with Gasteiger partial charge in [0.2, 0.25) is 5.91 Å². The Morgan fingerprint density at radius 1 is 1.33 bits per heavy atom. The summed E-state index contributed by atoms with van der Waals surface area (Å²) in [5, 5.41) is 18.3. The minimum Gasteiger partial charge on any atom is -0.483 e. The zero-order valence-corrected chi connectivity index (χ0v) is 12.4. The van der Waals surface area contributed by atoms with Crippen molar-refractivity contribution < 1.29 is 29.3 Å². The van der Waals surface area contributed by atoms with E-state index < -0.39 is 5.97 Å². The van der Waals surface area contributed by atoms with Crippen LogP contribution in [-0.4, -0.2) is 71.8 Å². The summed E-state index contributed by atoms with van der Waals surface area (Å²) in [6.45, 7) is 6.86. The first-order valence-electron chi connectivity index (χ1n) is 6.91. The third-order valence-corrected chi connectivity index (χ3v) is 3.08. The number of amides is 1. The molecule has 8 nitrogen and oxygen atoms in total. The summed E-state index contributed by atoms with van der Waals surface area (Å²) in [6, 6.07) is -0.0359. The number of carboxylic acids is 1. The van der Waals surface area contributed by atoms with Crippen LogP contribution < -0.4 is 5.32 Å². The summed E-state index contributed by atoms with van der Waals surface area (Å²) in [7, 11) is 0. The number of hydrogen-bond acceptors (Lipinski definition) is 5. The fourth-order valence-corrected chi connectivity index (χ4v) is 2.13. The van der Waals surface area contributed by atoms with Gasteiger partial charge in [0.05, 0.1) is 18.6 Å². The van der Waals surface area contributed by atoms with Crippen molar-refractivity contribution in [3.63, 3.8) is 0 Å². The molecule has 1 amide bonds. The Balaban J connectivity index is 0.00000122. The highest BCUT2D eigenvalue weighted by molar-refractivity contribution is 5.80. The molecule has 1 fully saturated rings. The van der Waals surface area contributed by atoms with Crippen molar-refractivity contribution in [1.82, 2.24) is 10.2 Å². The van der Waals surface area contributed by atoms with Gasteiger partial charge in [-0.05, 0) is 13.5 Å². The summed E-state index contributed by atoms with van der Waals surface area (Å²) >= 11 is 0. The molecule has 0 aromatic rings. The zero-order valence-electron chi connectivity index (χ0n) is 12.4. The van der Waals surface area contributed by atoms with Crippen LogP contribution in [0.25, 0.3) is 0 Å². The van der Waals surface area contributed by atoms with Crippen molar-refractivity contribution in [3.05, 3.63) is 0 Å². The smallest absolute Gasteiger partial charge is 0.303 e. The van der Waals surface area contributed by atoms with E-state index in [2.05, 4.69) is 17.1 Å². The lowest BCUT2D eigenvalue weighted by molar-refractivity contribution is -0.139. The number of carbonyl (C=O) groups is 3. The van der Waals surface area contributed by atoms with Crippen LogP contribution >= 0.6 is 0 Å². The number of hydrogen-bond donors (Lipinski definition) is 3. The molecule has 0 aromatic carbocycles. The van der Waals surface area contributed by atoms with Crippen molar-refractivity contribution in [1.29, 1.82) is 0 Å². The van der Waals surface area contributed by atoms with Crippen LogP contribution in [0.2, 0.25) is 0 Å². The molecule has 0 aliphatic carbocycles. The van der Waals surface area contributed by atoms with E-state index in [9.17, 15) is 9.59 Å². The molecule has 1 aliphatic rings. The number of nitrogens with zero attached hydrogens (tertiary/aromatic N) is 1. The molecular formula is C13H24N2O6. The van der Waals surface area contributed by atoms with Crippen molar-refractivity contribution in [2.75, 3.05) is 26.2 Å². The molecule has 1 rings (SSSR count). The molecule has 21 heavy (non-hydrogen) atoms. The lowest BCUT2D eigenvalue weighted by Gasteiger charge is -2.19. The Kier molecular flexibility index (Phi) is 10.2. The second kappa shape index (κ2) is 11.0. The standard InChI is InChI=1S/C12H22N2O4.CH2O2/c1-3-14-7-9(10(8-14)18-4-2)13-11(15)5-6-12(16)17;2-1-3/h9-10H,3-8H2,1-2H3,(H,13,15)(H,16,17);1H,(H,2,3)/t9-,10-;/m0./s1. The average Bonchev–Trinajstić information content (AvgIpc) is 2.80. The van der Waals surface area contributed by atoms with Crippen LogP contribution in [-0.2, 0) is 19.1 Å². The number of ether oxygens (including phenoxy) is 1. The molecule has 1 saturated heterocycles. The summed E-state index contributed by atoms with van der Waals surface area (Å²) in [5.41, 5.74) is 0. The maximum Gasteiger partial charge on any atom is 0.303 e. The SMILES string of the molecule is CCO[C@H]1CN(CC)C[C@@H]1NC(=O)CCC(=O)O.O=CO. The van der Waals surface area contributed by atoms with E-state index in [1.54, 1.807) is 0 Å². The van der Waals surface area contributed by atoms with Crippen LogP contribution in [0, 0.1) is 0 Å². The van der Waals surface area contributed by atoms with Gasteiger partial charge in [0.15, 0.2) is 0 Å². The van der Waals surface area contributed by atoms with Gasteiger partial charge >= 0.3 is 5.97 Å². The third-order valence-electron chi connectivity index (χ3n) is 3.08. The Morgan fingerprint density at radius 2 is 1.95 bits per heavy atom. The molecule has 122 valence electrons. The molecule has 0 spiro atoms. The molecular weight excluding hydrogens is 280 g/mol. The highest BCUT2D eigenvalue weighted by Gasteiger charge is 2.33. The maximum absolute atomic E-state index is 11.6. The Morgan fingerprint density at radius 3 is 2.43 bits per heavy atom. The van der Waals surface area contributed by atoms with E-state index in [0.29, 0.717) is 6.61 Å². The van der Waals surface area contributed by atoms with Crippen molar-refractivity contribution in [2.24, 2.45) is 0 Å². The highest BCUT2D eigenvalue weighted by atomic mass is 16.5. The van der Waals surface area contributed by atoms with Gasteiger partial charge in [-0.25, -0.2) is 0 Å². The third kappa shape index (κ3) is 8.26. The number of likely N-dealkylation sites (tertiary alicyclic amines) is 1. The molecule has 1 aliphatic heterocycles. The lowest BCUT2D eigenvalue weighted by Crippen LogP contribution is -2.44. The van der Waals surface area contributed by atoms with Gasteiger partial charge < -0.3 is 20.3 Å². The molecule has 0 aromatic heterocycles. The van der Waals surface area contributed by atoms with Crippen molar-refractivity contribution in [2.45, 2.75) is 38.8 Å². The Bertz CT molecular complexity index is 337. The van der Waals surface area contributed by atoms with Crippen LogP contribution in [0.1, 0.15) is 26.7 Å². The Hall–Kier alpha value is -1.67. The van der Waals surface area contributed by atoms with Gasteiger partial charge in [0.1, 0.15) is 0 Å². The van der Waals surface area contributed by atoms with Crippen LogP contribution in [0.15, 0.2) is 0 Å². The van der Waals surface area contributed by atoms with E-state index in [-0.39, 0.29) is 37.4 Å². The fraction of sp³-hybridized carbons (Fsp3) is 0.769. The second-order valence-corrected chi connectivity index (χ2v) is 4.52. The van der Waals surface area contributed by atoms with Gasteiger partial charge in [0.25, 0.3) is 6.47 Å². The lowest BCUT2D eigenvalue weighted by atomic mass is 10.2. The molecule has 0 radical (unpaired) electrons. The number of aliphatic carboxylic acids is 1. The number of rotatable bonds is 7. The summed E-state index contributed by atoms with van der Waals surface area (Å²) < 4.78 is 5.60. The largest absolute Gasteiger partial charge is 0.483 e. The first-order valence-corrected chi connectivity index (χ1v) is 6.91. The van der Waals surface area contributed by atoms with Gasteiger partial charge in [0, 0.05) is 26.1 Å². The molecule has 0 bridgehead atoms. The van der Waals surface area contributed by atoms with E-state index in [0.717, 1.165) is 19.6 Å². The van der Waals surface area contributed by atoms with Crippen LogP contribution in [0.3, 0.4) is 0 Å². The zero-order chi connectivity index (χ0) is 16.3. The van der Waals surface area contributed by atoms with Gasteiger partial charge in [-0.3, -0.25) is 19.3 Å². The summed E-state index contributed by atoms with van der Waals surface area (Å²) in [6.07, 6.45) is -0.102. The highest BCUT2D eigenvalue weighted by Crippen LogP contribution is 2.13. The van der Waals surface area contributed by atoms with Crippen LogP contribution in [0.5, 0.6) is 0 Å². The second-order valence-electron chi connectivity index (χ2n) is 4.52. The summed E-state index contributed by atoms with van der Waals surface area (Å²) in [4.78, 5) is 32.6. The minimum atomic E-state index is -0.951. The number of likely N-dealkylation sites (N-methyl/N-ethyl adjacent to an activating group) is 1. The molecule has 2 atom stereocenters. The monoisotopic (exact) mass is 304 g/mol. The van der Waals surface area contributed by atoms with E-state index >= 15 is 0 Å². The Labute approximate surface area is 124 Å². The normalized spacial score (nSPS) is 21.2. The number of nitrogens with one attached hydrogen (secondary N) is 1. The number of carbonyl (C=O) groups excluding carboxylic acids is 1. The predicted octanol–water partition coefficient (Wildman–Crippen LogP) is -0.223. The quantitative estimate of drug-likeness (QED) is 0.557. The van der Waals surface area contributed by atoms with E-state index in [1.165, 1.54) is 0 Å². The minimum absolute atomic E-state index is 0.00345. The average molecular weight is 304 g/mol. The molecule has 0 unspecified atom stereocenters. The van der Waals surface area contributed by atoms with Gasteiger partial charge in [-0.2, -0.15) is 0 Å².